The van der Waals surface area contributed by atoms with E-state index in [1.807, 2.05) is 31.2 Å². The smallest absolute Gasteiger partial charge is 0.410 e. The monoisotopic (exact) mass is 429 g/mol. The molecule has 126 valence electrons. The van der Waals surface area contributed by atoms with Gasteiger partial charge in [-0.1, -0.05) is 31.5 Å². The van der Waals surface area contributed by atoms with Crippen LogP contribution >= 0.6 is 22.6 Å². The lowest BCUT2D eigenvalue weighted by molar-refractivity contribution is -0.196. The summed E-state index contributed by atoms with van der Waals surface area (Å²) in [7, 11) is 1.59. The highest BCUT2D eigenvalue weighted by Crippen LogP contribution is 2.44. The number of nitrogens with one attached hydrogen (secondary N) is 1. The lowest BCUT2D eigenvalue weighted by Gasteiger charge is -2.33. The van der Waals surface area contributed by atoms with E-state index in [9.17, 15) is 4.79 Å². The van der Waals surface area contributed by atoms with Gasteiger partial charge < -0.3 is 14.8 Å². The molecule has 0 heterocycles. The lowest BCUT2D eigenvalue weighted by Crippen LogP contribution is -2.44. The van der Waals surface area contributed by atoms with Crippen LogP contribution in [-0.4, -0.2) is 19.2 Å². The summed E-state index contributed by atoms with van der Waals surface area (Å²) in [6, 6.07) is 8.13. The summed E-state index contributed by atoms with van der Waals surface area (Å²) in [5, 5.41) is 3.08. The molecule has 1 amide bonds. The summed E-state index contributed by atoms with van der Waals surface area (Å²) in [6.45, 7) is 1.97. The molecule has 2 saturated carbocycles. The molecule has 4 atom stereocenters. The molecule has 2 bridgehead atoms. The topological polar surface area (TPSA) is 47.6 Å². The van der Waals surface area contributed by atoms with Crippen molar-refractivity contribution >= 4 is 28.7 Å². The highest BCUT2D eigenvalue weighted by Gasteiger charge is 2.42. The van der Waals surface area contributed by atoms with Crippen LogP contribution in [0, 0.1) is 15.4 Å². The first kappa shape index (κ1) is 17.0. The fourth-order valence-corrected chi connectivity index (χ4v) is 4.93. The molecule has 1 aromatic rings. The first-order chi connectivity index (χ1) is 11.1. The molecule has 2 aliphatic rings. The van der Waals surface area contributed by atoms with Gasteiger partial charge in [0.25, 0.3) is 0 Å². The molecule has 3 rings (SSSR count). The normalized spacial score (nSPS) is 28.4. The second-order valence-electron chi connectivity index (χ2n) is 6.61. The van der Waals surface area contributed by atoms with Gasteiger partial charge in [0.15, 0.2) is 0 Å². The quantitative estimate of drug-likeness (QED) is 0.557. The number of fused-ring (bicyclic) bond motifs is 2. The second-order valence-corrected chi connectivity index (χ2v) is 7.77. The van der Waals surface area contributed by atoms with E-state index in [4.69, 9.17) is 9.47 Å². The average molecular weight is 429 g/mol. The fraction of sp³-hybridized carbons (Fsp3) is 0.611. The Morgan fingerprint density at radius 2 is 2.13 bits per heavy atom. The predicted molar refractivity (Wildman–Crippen MR) is 97.0 cm³/mol. The van der Waals surface area contributed by atoms with Crippen molar-refractivity contribution in [2.75, 3.05) is 7.11 Å². The van der Waals surface area contributed by atoms with Gasteiger partial charge >= 0.3 is 6.09 Å². The fourth-order valence-electron chi connectivity index (χ4n) is 4.14. The zero-order valence-corrected chi connectivity index (χ0v) is 15.8. The summed E-state index contributed by atoms with van der Waals surface area (Å²) in [5.41, 5.74) is 0.897. The molecule has 5 heteroatoms. The second kappa shape index (κ2) is 6.97. The van der Waals surface area contributed by atoms with E-state index in [1.54, 1.807) is 7.11 Å². The Morgan fingerprint density at radius 3 is 2.70 bits per heavy atom. The van der Waals surface area contributed by atoms with Crippen molar-refractivity contribution in [3.05, 3.63) is 33.4 Å². The number of carbonyl (C=O) groups is 1. The standard InChI is InChI=1S/C18H24INO3/c1-3-18(22-2,14-6-4-5-7-15(14)19)23-17(21)20-16-11-12-8-9-13(16)10-12/h4-7,12-13,16H,3,8-11H2,1-2H3,(H,20,21). The third-order valence-corrected chi connectivity index (χ3v) is 6.32. The van der Waals surface area contributed by atoms with Crippen LogP contribution in [0.5, 0.6) is 0 Å². The molecule has 2 fully saturated rings. The van der Waals surface area contributed by atoms with Crippen molar-refractivity contribution < 1.29 is 14.3 Å². The summed E-state index contributed by atoms with van der Waals surface area (Å²) in [6.07, 6.45) is 5.09. The van der Waals surface area contributed by atoms with Gasteiger partial charge in [0.2, 0.25) is 5.79 Å². The summed E-state index contributed by atoms with van der Waals surface area (Å²) >= 11 is 2.25. The van der Waals surface area contributed by atoms with Crippen LogP contribution in [-0.2, 0) is 15.3 Å². The van der Waals surface area contributed by atoms with E-state index in [2.05, 4.69) is 27.9 Å². The Hall–Kier alpha value is -0.820. The molecule has 0 radical (unpaired) electrons. The van der Waals surface area contributed by atoms with E-state index in [0.717, 1.165) is 21.5 Å². The molecule has 1 N–H and O–H groups in total. The van der Waals surface area contributed by atoms with Crippen LogP contribution in [0.2, 0.25) is 0 Å². The number of rotatable bonds is 5. The summed E-state index contributed by atoms with van der Waals surface area (Å²) < 4.78 is 12.5. The minimum absolute atomic E-state index is 0.266. The highest BCUT2D eigenvalue weighted by atomic mass is 127. The highest BCUT2D eigenvalue weighted by molar-refractivity contribution is 14.1. The molecule has 0 aromatic heterocycles. The minimum atomic E-state index is -1.03. The van der Waals surface area contributed by atoms with Crippen LogP contribution in [0.4, 0.5) is 4.79 Å². The molecule has 0 saturated heterocycles. The number of hydrogen-bond donors (Lipinski definition) is 1. The molecular formula is C18H24INO3. The van der Waals surface area contributed by atoms with Crippen LogP contribution in [0.15, 0.2) is 24.3 Å². The maximum Gasteiger partial charge on any atom is 0.410 e. The maximum atomic E-state index is 12.5. The zero-order valence-electron chi connectivity index (χ0n) is 13.7. The molecule has 2 aliphatic carbocycles. The van der Waals surface area contributed by atoms with E-state index >= 15 is 0 Å². The van der Waals surface area contributed by atoms with Gasteiger partial charge in [-0.05, 0) is 59.8 Å². The summed E-state index contributed by atoms with van der Waals surface area (Å²) in [5.74, 6) is 0.390. The van der Waals surface area contributed by atoms with Gasteiger partial charge in [-0.3, -0.25) is 0 Å². The van der Waals surface area contributed by atoms with Crippen LogP contribution in [0.25, 0.3) is 0 Å². The van der Waals surface area contributed by atoms with Crippen molar-refractivity contribution in [1.29, 1.82) is 0 Å². The lowest BCUT2D eigenvalue weighted by atomic mass is 9.95. The van der Waals surface area contributed by atoms with E-state index in [1.165, 1.54) is 19.3 Å². The Morgan fingerprint density at radius 1 is 1.35 bits per heavy atom. The Labute approximate surface area is 151 Å². The van der Waals surface area contributed by atoms with Gasteiger partial charge in [0, 0.05) is 28.7 Å². The van der Waals surface area contributed by atoms with Crippen molar-refractivity contribution in [3.63, 3.8) is 0 Å². The SMILES string of the molecule is CCC(OC)(OC(=O)NC1CC2CCC1C2)c1ccccc1I. The van der Waals surface area contributed by atoms with Crippen LogP contribution in [0.1, 0.15) is 44.6 Å². The first-order valence-corrected chi connectivity index (χ1v) is 9.45. The molecule has 4 unspecified atom stereocenters. The average Bonchev–Trinajstić information content (AvgIpc) is 3.16. The van der Waals surface area contributed by atoms with E-state index < -0.39 is 5.79 Å². The van der Waals surface area contributed by atoms with Crippen molar-refractivity contribution in [3.8, 4) is 0 Å². The van der Waals surface area contributed by atoms with Crippen molar-refractivity contribution in [2.24, 2.45) is 11.8 Å². The number of benzene rings is 1. The molecule has 23 heavy (non-hydrogen) atoms. The number of halogens is 1. The number of amides is 1. The van der Waals surface area contributed by atoms with Gasteiger partial charge in [-0.15, -0.1) is 0 Å². The van der Waals surface area contributed by atoms with Crippen molar-refractivity contribution in [1.82, 2.24) is 5.32 Å². The van der Waals surface area contributed by atoms with Crippen LogP contribution < -0.4 is 5.32 Å². The van der Waals surface area contributed by atoms with Gasteiger partial charge in [0.05, 0.1) is 0 Å². The first-order valence-electron chi connectivity index (χ1n) is 8.37. The van der Waals surface area contributed by atoms with Gasteiger partial charge in [-0.2, -0.15) is 0 Å². The number of methoxy groups -OCH3 is 1. The third kappa shape index (κ3) is 3.36. The van der Waals surface area contributed by atoms with E-state index in [0.29, 0.717) is 12.3 Å². The molecular weight excluding hydrogens is 405 g/mol. The van der Waals surface area contributed by atoms with Gasteiger partial charge in [0.1, 0.15) is 0 Å². The van der Waals surface area contributed by atoms with Gasteiger partial charge in [-0.25, -0.2) is 4.79 Å². The number of carbonyl (C=O) groups excluding carboxylic acids is 1. The van der Waals surface area contributed by atoms with Crippen molar-refractivity contribution in [2.45, 2.75) is 50.9 Å². The largest absolute Gasteiger partial charge is 0.412 e. The van der Waals surface area contributed by atoms with E-state index in [-0.39, 0.29) is 12.1 Å². The Balaban J connectivity index is 1.72. The number of hydrogen-bond acceptors (Lipinski definition) is 3. The Bertz CT molecular complexity index is 573. The maximum absolute atomic E-state index is 12.5. The molecule has 0 aliphatic heterocycles. The number of ether oxygens (including phenoxy) is 2. The summed E-state index contributed by atoms with van der Waals surface area (Å²) in [4.78, 5) is 12.5. The number of alkyl carbamates (subject to hydrolysis) is 1. The molecule has 4 nitrogen and oxygen atoms in total. The zero-order chi connectivity index (χ0) is 16.4. The molecule has 0 spiro atoms. The minimum Gasteiger partial charge on any atom is -0.412 e. The van der Waals surface area contributed by atoms with Crippen LogP contribution in [0.3, 0.4) is 0 Å². The predicted octanol–water partition coefficient (Wildman–Crippen LogP) is 4.42. The molecule has 1 aromatic carbocycles. The Kier molecular flexibility index (Phi) is 5.16. The third-order valence-electron chi connectivity index (χ3n) is 5.38.